The topological polar surface area (TPSA) is 85.5 Å². The van der Waals surface area contributed by atoms with Crippen molar-refractivity contribution in [1.82, 2.24) is 19.9 Å². The Morgan fingerprint density at radius 1 is 1.06 bits per heavy atom. The first-order chi connectivity index (χ1) is 15.8. The summed E-state index contributed by atoms with van der Waals surface area (Å²) in [6, 6.07) is 13.7. The number of ether oxygens (including phenoxy) is 2. The largest absolute Gasteiger partial charge is 0.491 e. The van der Waals surface area contributed by atoms with Crippen molar-refractivity contribution < 1.29 is 13.9 Å². The number of rotatable bonds is 8. The number of fused-ring (bicyclic) bond motifs is 1. The lowest BCUT2D eigenvalue weighted by Crippen LogP contribution is -2.38. The van der Waals surface area contributed by atoms with Crippen LogP contribution >= 0.6 is 0 Å². The molecule has 0 bridgehead atoms. The van der Waals surface area contributed by atoms with Crippen molar-refractivity contribution in [3.8, 4) is 17.2 Å². The van der Waals surface area contributed by atoms with Gasteiger partial charge in [-0.2, -0.15) is 0 Å². The molecular formula is C24H25N5O3. The lowest BCUT2D eigenvalue weighted by Gasteiger charge is -2.26. The average molecular weight is 431 g/mol. The highest BCUT2D eigenvalue weighted by Gasteiger charge is 2.10. The molecule has 1 aromatic carbocycles. The van der Waals surface area contributed by atoms with Crippen LogP contribution in [-0.2, 0) is 11.3 Å². The summed E-state index contributed by atoms with van der Waals surface area (Å²) in [5, 5.41) is 3.34. The molecule has 0 atom stereocenters. The van der Waals surface area contributed by atoms with E-state index in [1.165, 1.54) is 0 Å². The Morgan fingerprint density at radius 2 is 2.00 bits per heavy atom. The Hall–Kier alpha value is -3.49. The monoisotopic (exact) mass is 431 g/mol. The summed E-state index contributed by atoms with van der Waals surface area (Å²) in [5.41, 5.74) is 3.53. The molecule has 0 radical (unpaired) electrons. The molecule has 0 saturated carbocycles. The van der Waals surface area contributed by atoms with E-state index in [-0.39, 0.29) is 0 Å². The maximum absolute atomic E-state index is 5.85. The smallest absolute Gasteiger partial charge is 0.228 e. The van der Waals surface area contributed by atoms with E-state index in [0.717, 1.165) is 66.6 Å². The number of nitrogens with zero attached hydrogens (tertiary/aromatic N) is 4. The molecule has 0 spiro atoms. The highest BCUT2D eigenvalue weighted by atomic mass is 16.5. The van der Waals surface area contributed by atoms with Crippen molar-refractivity contribution in [1.29, 1.82) is 0 Å². The van der Waals surface area contributed by atoms with Crippen molar-refractivity contribution in [2.45, 2.75) is 6.54 Å². The van der Waals surface area contributed by atoms with Gasteiger partial charge in [0.15, 0.2) is 5.58 Å². The van der Waals surface area contributed by atoms with Crippen LogP contribution in [0.2, 0.25) is 0 Å². The number of morpholine rings is 1. The summed E-state index contributed by atoms with van der Waals surface area (Å²) in [6.45, 7) is 5.72. The number of nitrogens with one attached hydrogen (secondary N) is 1. The maximum atomic E-state index is 5.85. The molecule has 8 heteroatoms. The van der Waals surface area contributed by atoms with E-state index in [1.54, 1.807) is 18.6 Å². The van der Waals surface area contributed by atoms with Crippen LogP contribution in [0.15, 0.2) is 65.5 Å². The van der Waals surface area contributed by atoms with Gasteiger partial charge in [0.1, 0.15) is 23.7 Å². The molecule has 5 rings (SSSR count). The number of hydrogen-bond donors (Lipinski definition) is 1. The predicted molar refractivity (Wildman–Crippen MR) is 122 cm³/mol. The molecule has 1 N–H and O–H groups in total. The number of benzene rings is 1. The van der Waals surface area contributed by atoms with Gasteiger partial charge in [0, 0.05) is 38.6 Å². The molecule has 0 aliphatic carbocycles. The average Bonchev–Trinajstić information content (AvgIpc) is 3.28. The minimum absolute atomic E-state index is 0.573. The molecule has 4 aromatic rings. The normalized spacial score (nSPS) is 14.5. The van der Waals surface area contributed by atoms with Crippen LogP contribution in [0, 0.1) is 0 Å². The third-order valence-electron chi connectivity index (χ3n) is 5.35. The van der Waals surface area contributed by atoms with E-state index in [4.69, 9.17) is 13.9 Å². The van der Waals surface area contributed by atoms with Gasteiger partial charge in [0.05, 0.1) is 25.0 Å². The lowest BCUT2D eigenvalue weighted by molar-refractivity contribution is 0.0322. The first kappa shape index (κ1) is 20.4. The van der Waals surface area contributed by atoms with E-state index < -0.39 is 0 Å². The zero-order chi connectivity index (χ0) is 21.6. The number of hydrogen-bond acceptors (Lipinski definition) is 8. The standard InChI is InChI=1S/C24H25N5O3/c1-2-19(16-25-7-1)24-28-21-14-18(3-5-22(21)32-24)15-26-23-6-4-20(17-27-23)31-13-10-29-8-11-30-12-9-29/h1-7,14,16-17H,8-13,15H2,(H,26,27). The number of aromatic nitrogens is 3. The lowest BCUT2D eigenvalue weighted by atomic mass is 10.2. The van der Waals surface area contributed by atoms with Gasteiger partial charge in [-0.15, -0.1) is 0 Å². The molecule has 3 aromatic heterocycles. The highest BCUT2D eigenvalue weighted by Crippen LogP contribution is 2.24. The number of oxazole rings is 1. The Bertz CT molecular complexity index is 1140. The molecule has 4 heterocycles. The fraction of sp³-hybridized carbons (Fsp3) is 0.292. The number of pyridine rings is 2. The van der Waals surface area contributed by atoms with Gasteiger partial charge in [-0.25, -0.2) is 9.97 Å². The summed E-state index contributed by atoms with van der Waals surface area (Å²) in [4.78, 5) is 15.5. The van der Waals surface area contributed by atoms with Gasteiger partial charge in [-0.05, 0) is 42.0 Å². The van der Waals surface area contributed by atoms with Crippen molar-refractivity contribution in [2.24, 2.45) is 0 Å². The van der Waals surface area contributed by atoms with Gasteiger partial charge >= 0.3 is 0 Å². The highest BCUT2D eigenvalue weighted by molar-refractivity contribution is 5.76. The van der Waals surface area contributed by atoms with Crippen LogP contribution in [0.3, 0.4) is 0 Å². The minimum atomic E-state index is 0.573. The van der Waals surface area contributed by atoms with Crippen LogP contribution in [0.4, 0.5) is 5.82 Å². The van der Waals surface area contributed by atoms with Crippen LogP contribution in [0.1, 0.15) is 5.56 Å². The maximum Gasteiger partial charge on any atom is 0.228 e. The van der Waals surface area contributed by atoms with E-state index in [1.807, 2.05) is 42.5 Å². The third kappa shape index (κ3) is 5.04. The summed E-state index contributed by atoms with van der Waals surface area (Å²) < 4.78 is 17.0. The molecule has 1 saturated heterocycles. The van der Waals surface area contributed by atoms with Crippen LogP contribution in [-0.4, -0.2) is 59.3 Å². The molecule has 1 aliphatic rings. The molecule has 1 fully saturated rings. The second-order valence-electron chi connectivity index (χ2n) is 7.60. The summed E-state index contributed by atoms with van der Waals surface area (Å²) in [5.74, 6) is 2.14. The molecular weight excluding hydrogens is 406 g/mol. The van der Waals surface area contributed by atoms with Crippen molar-refractivity contribution in [3.63, 3.8) is 0 Å². The Kier molecular flexibility index (Phi) is 6.23. The first-order valence-electron chi connectivity index (χ1n) is 10.8. The Balaban J connectivity index is 1.14. The quantitative estimate of drug-likeness (QED) is 0.453. The molecule has 8 nitrogen and oxygen atoms in total. The zero-order valence-corrected chi connectivity index (χ0v) is 17.7. The first-order valence-corrected chi connectivity index (χ1v) is 10.8. The minimum Gasteiger partial charge on any atom is -0.491 e. The molecule has 0 amide bonds. The fourth-order valence-electron chi connectivity index (χ4n) is 3.58. The molecule has 32 heavy (non-hydrogen) atoms. The van der Waals surface area contributed by atoms with Gasteiger partial charge in [0.25, 0.3) is 0 Å². The van der Waals surface area contributed by atoms with Crippen molar-refractivity contribution in [3.05, 3.63) is 66.6 Å². The van der Waals surface area contributed by atoms with Gasteiger partial charge < -0.3 is 19.2 Å². The van der Waals surface area contributed by atoms with Gasteiger partial charge in [-0.1, -0.05) is 6.07 Å². The second-order valence-corrected chi connectivity index (χ2v) is 7.60. The molecule has 1 aliphatic heterocycles. The molecule has 164 valence electrons. The van der Waals surface area contributed by atoms with Crippen molar-refractivity contribution >= 4 is 16.9 Å². The molecule has 0 unspecified atom stereocenters. The Labute approximate surface area is 186 Å². The predicted octanol–water partition coefficient (Wildman–Crippen LogP) is 3.61. The summed E-state index contributed by atoms with van der Waals surface area (Å²) in [6.07, 6.45) is 5.23. The van der Waals surface area contributed by atoms with E-state index in [2.05, 4.69) is 25.2 Å². The second kappa shape index (κ2) is 9.76. The summed E-state index contributed by atoms with van der Waals surface area (Å²) in [7, 11) is 0. The van der Waals surface area contributed by atoms with E-state index in [9.17, 15) is 0 Å². The zero-order valence-electron chi connectivity index (χ0n) is 17.7. The van der Waals surface area contributed by atoms with Crippen molar-refractivity contribution in [2.75, 3.05) is 44.8 Å². The fourth-order valence-corrected chi connectivity index (χ4v) is 3.58. The third-order valence-corrected chi connectivity index (χ3v) is 5.35. The van der Waals surface area contributed by atoms with Crippen LogP contribution in [0.25, 0.3) is 22.6 Å². The van der Waals surface area contributed by atoms with Gasteiger partial charge in [-0.3, -0.25) is 9.88 Å². The summed E-state index contributed by atoms with van der Waals surface area (Å²) >= 11 is 0. The van der Waals surface area contributed by atoms with Gasteiger partial charge in [0.2, 0.25) is 5.89 Å². The van der Waals surface area contributed by atoms with Crippen LogP contribution < -0.4 is 10.1 Å². The van der Waals surface area contributed by atoms with E-state index >= 15 is 0 Å². The SMILES string of the molecule is c1cncc(-c2nc3cc(CNc4ccc(OCCN5CCOCC5)cn4)ccc3o2)c1. The van der Waals surface area contributed by atoms with E-state index in [0.29, 0.717) is 19.0 Å². The Morgan fingerprint density at radius 3 is 2.81 bits per heavy atom. The number of anilines is 1. The van der Waals surface area contributed by atoms with Crippen LogP contribution in [0.5, 0.6) is 5.75 Å².